The highest BCUT2D eigenvalue weighted by atomic mass is 16.5. The van der Waals surface area contributed by atoms with E-state index in [9.17, 15) is 5.11 Å². The monoisotopic (exact) mass is 189 g/mol. The van der Waals surface area contributed by atoms with Gasteiger partial charge < -0.3 is 20.3 Å². The van der Waals surface area contributed by atoms with Crippen molar-refractivity contribution in [2.24, 2.45) is 0 Å². The average molecular weight is 189 g/mol. The molecule has 0 aliphatic carbocycles. The van der Waals surface area contributed by atoms with Gasteiger partial charge in [-0.05, 0) is 19.8 Å². The van der Waals surface area contributed by atoms with Gasteiger partial charge in [0.05, 0.1) is 12.2 Å². The van der Waals surface area contributed by atoms with E-state index >= 15 is 0 Å². The van der Waals surface area contributed by atoms with Gasteiger partial charge in [0.15, 0.2) is 0 Å². The lowest BCUT2D eigenvalue weighted by Gasteiger charge is -2.27. The summed E-state index contributed by atoms with van der Waals surface area (Å²) in [5.74, 6) is 0. The van der Waals surface area contributed by atoms with Crippen LogP contribution in [0.15, 0.2) is 0 Å². The maximum atomic E-state index is 9.51. The number of rotatable bonds is 4. The Morgan fingerprint density at radius 3 is 2.62 bits per heavy atom. The lowest BCUT2D eigenvalue weighted by Crippen LogP contribution is -2.46. The fourth-order valence-corrected chi connectivity index (χ4v) is 1.32. The third-order valence-corrected chi connectivity index (χ3v) is 2.33. The summed E-state index contributed by atoms with van der Waals surface area (Å²) in [6.45, 7) is 3.44. The van der Waals surface area contributed by atoms with Crippen LogP contribution in [-0.4, -0.2) is 48.2 Å². The largest absolute Gasteiger partial charge is 0.393 e. The molecule has 0 saturated carbocycles. The molecule has 0 amide bonds. The van der Waals surface area contributed by atoms with E-state index in [-0.39, 0.29) is 6.61 Å². The van der Waals surface area contributed by atoms with Gasteiger partial charge in [0.2, 0.25) is 0 Å². The molecular weight excluding hydrogens is 170 g/mol. The van der Waals surface area contributed by atoms with Crippen LogP contribution in [0.3, 0.4) is 0 Å². The Bertz CT molecular complexity index is 144. The Morgan fingerprint density at radius 2 is 2.08 bits per heavy atom. The average Bonchev–Trinajstić information content (AvgIpc) is 2.17. The Morgan fingerprint density at radius 1 is 1.46 bits per heavy atom. The van der Waals surface area contributed by atoms with Crippen LogP contribution in [-0.2, 0) is 4.74 Å². The fourth-order valence-electron chi connectivity index (χ4n) is 1.32. The molecule has 1 aliphatic heterocycles. The molecule has 1 fully saturated rings. The zero-order valence-electron chi connectivity index (χ0n) is 8.12. The highest BCUT2D eigenvalue weighted by Gasteiger charge is 2.21. The predicted octanol–water partition coefficient (Wildman–Crippen LogP) is -0.502. The van der Waals surface area contributed by atoms with Gasteiger partial charge in [-0.3, -0.25) is 0 Å². The molecule has 4 heteroatoms. The third-order valence-electron chi connectivity index (χ3n) is 2.33. The molecule has 3 N–H and O–H groups in total. The zero-order chi connectivity index (χ0) is 9.73. The van der Waals surface area contributed by atoms with E-state index in [0.717, 1.165) is 26.1 Å². The van der Waals surface area contributed by atoms with Crippen molar-refractivity contribution in [3.05, 3.63) is 0 Å². The smallest absolute Gasteiger partial charge is 0.0972 e. The van der Waals surface area contributed by atoms with E-state index in [4.69, 9.17) is 9.84 Å². The van der Waals surface area contributed by atoms with Gasteiger partial charge in [0.1, 0.15) is 0 Å². The van der Waals surface area contributed by atoms with Crippen molar-refractivity contribution in [1.82, 2.24) is 5.32 Å². The standard InChI is InChI=1S/C9H19NO3/c1-9(12,7-11)6-10-8-2-4-13-5-3-8/h8,10-12H,2-7H2,1H3. The molecular formula is C9H19NO3. The zero-order valence-corrected chi connectivity index (χ0v) is 8.12. The summed E-state index contributed by atoms with van der Waals surface area (Å²) in [7, 11) is 0. The molecule has 0 radical (unpaired) electrons. The highest BCUT2D eigenvalue weighted by molar-refractivity contribution is 4.78. The van der Waals surface area contributed by atoms with Gasteiger partial charge in [0, 0.05) is 25.8 Å². The maximum Gasteiger partial charge on any atom is 0.0972 e. The summed E-state index contributed by atoms with van der Waals surface area (Å²) in [6, 6.07) is 0.423. The van der Waals surface area contributed by atoms with E-state index in [1.54, 1.807) is 6.92 Å². The third kappa shape index (κ3) is 4.04. The molecule has 13 heavy (non-hydrogen) atoms. The van der Waals surface area contributed by atoms with Crippen LogP contribution in [0.2, 0.25) is 0 Å². The van der Waals surface area contributed by atoms with Crippen molar-refractivity contribution < 1.29 is 14.9 Å². The van der Waals surface area contributed by atoms with Crippen molar-refractivity contribution in [2.45, 2.75) is 31.4 Å². The molecule has 0 aromatic carbocycles. The number of hydrogen-bond acceptors (Lipinski definition) is 4. The summed E-state index contributed by atoms with van der Waals surface area (Å²) < 4.78 is 5.21. The topological polar surface area (TPSA) is 61.7 Å². The number of hydrogen-bond donors (Lipinski definition) is 3. The molecule has 1 unspecified atom stereocenters. The van der Waals surface area contributed by atoms with E-state index in [1.807, 2.05) is 0 Å². The second-order valence-electron chi connectivity index (χ2n) is 3.92. The lowest BCUT2D eigenvalue weighted by atomic mass is 10.1. The van der Waals surface area contributed by atoms with E-state index < -0.39 is 5.60 Å². The number of ether oxygens (including phenoxy) is 1. The van der Waals surface area contributed by atoms with Gasteiger partial charge >= 0.3 is 0 Å². The van der Waals surface area contributed by atoms with Crippen molar-refractivity contribution in [1.29, 1.82) is 0 Å². The first kappa shape index (κ1) is 10.9. The number of aliphatic hydroxyl groups is 2. The van der Waals surface area contributed by atoms with Crippen LogP contribution < -0.4 is 5.32 Å². The molecule has 0 aromatic heterocycles. The number of aliphatic hydroxyl groups excluding tert-OH is 1. The number of nitrogens with one attached hydrogen (secondary N) is 1. The van der Waals surface area contributed by atoms with E-state index in [0.29, 0.717) is 12.6 Å². The summed E-state index contributed by atoms with van der Waals surface area (Å²) in [5, 5.41) is 21.5. The second kappa shape index (κ2) is 4.91. The summed E-state index contributed by atoms with van der Waals surface area (Å²) in [4.78, 5) is 0. The fraction of sp³-hybridized carbons (Fsp3) is 1.00. The molecule has 1 saturated heterocycles. The van der Waals surface area contributed by atoms with Gasteiger partial charge in [-0.2, -0.15) is 0 Å². The predicted molar refractivity (Wildman–Crippen MR) is 49.6 cm³/mol. The quantitative estimate of drug-likeness (QED) is 0.558. The van der Waals surface area contributed by atoms with Gasteiger partial charge in [-0.15, -0.1) is 0 Å². The Labute approximate surface area is 78.9 Å². The Balaban J connectivity index is 2.17. The first-order valence-corrected chi connectivity index (χ1v) is 4.78. The highest BCUT2D eigenvalue weighted by Crippen LogP contribution is 2.07. The molecule has 4 nitrogen and oxygen atoms in total. The van der Waals surface area contributed by atoms with Crippen LogP contribution in [0.25, 0.3) is 0 Å². The van der Waals surface area contributed by atoms with Crippen LogP contribution in [0.4, 0.5) is 0 Å². The van der Waals surface area contributed by atoms with Crippen molar-refractivity contribution in [2.75, 3.05) is 26.4 Å². The van der Waals surface area contributed by atoms with Crippen molar-refractivity contribution in [3.63, 3.8) is 0 Å². The van der Waals surface area contributed by atoms with Gasteiger partial charge in [0.25, 0.3) is 0 Å². The van der Waals surface area contributed by atoms with E-state index in [1.165, 1.54) is 0 Å². The lowest BCUT2D eigenvalue weighted by molar-refractivity contribution is -0.00415. The molecule has 0 spiro atoms. The van der Waals surface area contributed by atoms with Crippen molar-refractivity contribution >= 4 is 0 Å². The maximum absolute atomic E-state index is 9.51. The molecule has 0 aromatic rings. The molecule has 1 rings (SSSR count). The minimum Gasteiger partial charge on any atom is -0.393 e. The molecule has 0 bridgehead atoms. The minimum atomic E-state index is -1.00. The van der Waals surface area contributed by atoms with Crippen LogP contribution in [0.5, 0.6) is 0 Å². The van der Waals surface area contributed by atoms with Crippen LogP contribution >= 0.6 is 0 Å². The minimum absolute atomic E-state index is 0.205. The Hall–Kier alpha value is -0.160. The van der Waals surface area contributed by atoms with E-state index in [2.05, 4.69) is 5.32 Å². The first-order chi connectivity index (χ1) is 6.14. The SMILES string of the molecule is CC(O)(CO)CNC1CCOCC1. The molecule has 78 valence electrons. The van der Waals surface area contributed by atoms with Crippen LogP contribution in [0, 0.1) is 0 Å². The van der Waals surface area contributed by atoms with Gasteiger partial charge in [-0.1, -0.05) is 0 Å². The molecule has 1 heterocycles. The first-order valence-electron chi connectivity index (χ1n) is 4.78. The normalized spacial score (nSPS) is 24.2. The summed E-state index contributed by atoms with van der Waals surface area (Å²) in [6.07, 6.45) is 1.98. The second-order valence-corrected chi connectivity index (χ2v) is 3.92. The van der Waals surface area contributed by atoms with Crippen LogP contribution in [0.1, 0.15) is 19.8 Å². The summed E-state index contributed by atoms with van der Waals surface area (Å²) >= 11 is 0. The summed E-state index contributed by atoms with van der Waals surface area (Å²) in [5.41, 5.74) is -1.00. The Kier molecular flexibility index (Phi) is 4.12. The molecule has 1 aliphatic rings. The van der Waals surface area contributed by atoms with Gasteiger partial charge in [-0.25, -0.2) is 0 Å². The van der Waals surface area contributed by atoms with Crippen molar-refractivity contribution in [3.8, 4) is 0 Å². The molecule has 1 atom stereocenters.